The van der Waals surface area contributed by atoms with Crippen LogP contribution in [-0.2, 0) is 43.3 Å². The van der Waals surface area contributed by atoms with Crippen molar-refractivity contribution in [3.05, 3.63) is 102 Å². The first kappa shape index (κ1) is 29.9. The molecule has 4 unspecified atom stereocenters. The summed E-state index contributed by atoms with van der Waals surface area (Å²) in [7, 11) is 1.57. The van der Waals surface area contributed by atoms with Crippen molar-refractivity contribution >= 4 is 17.6 Å². The third-order valence-corrected chi connectivity index (χ3v) is 6.99. The molecule has 1 fully saturated rings. The Hall–Kier alpha value is -4.05. The van der Waals surface area contributed by atoms with Gasteiger partial charge in [0.25, 0.3) is 0 Å². The Morgan fingerprint density at radius 1 is 0.829 bits per heavy atom. The first-order valence-electron chi connectivity index (χ1n) is 13.6. The van der Waals surface area contributed by atoms with Crippen LogP contribution in [0.4, 0.5) is 0 Å². The second-order valence-electron chi connectivity index (χ2n) is 10.4. The van der Waals surface area contributed by atoms with E-state index in [-0.39, 0.29) is 18.8 Å². The van der Waals surface area contributed by atoms with Crippen molar-refractivity contribution in [2.75, 3.05) is 20.3 Å². The summed E-state index contributed by atoms with van der Waals surface area (Å²) in [6.45, 7) is 2.30. The van der Waals surface area contributed by atoms with Gasteiger partial charge in [0.1, 0.15) is 23.4 Å². The first-order chi connectivity index (χ1) is 19.8. The van der Waals surface area contributed by atoms with E-state index in [0.717, 1.165) is 16.7 Å². The summed E-state index contributed by atoms with van der Waals surface area (Å²) in [6.07, 6.45) is 0.472. The minimum atomic E-state index is -0.995. The highest BCUT2D eigenvalue weighted by Crippen LogP contribution is 2.29. The lowest BCUT2D eigenvalue weighted by atomic mass is 9.94. The first-order valence-corrected chi connectivity index (χ1v) is 13.6. The number of ether oxygens (including phenoxy) is 3. The number of rotatable bonds is 15. The zero-order chi connectivity index (χ0) is 29.2. The van der Waals surface area contributed by atoms with Gasteiger partial charge in [0.15, 0.2) is 5.78 Å². The molecule has 0 saturated carbocycles. The molecule has 216 valence electrons. The van der Waals surface area contributed by atoms with Crippen LogP contribution in [0.2, 0.25) is 0 Å². The fourth-order valence-electron chi connectivity index (χ4n) is 4.39. The van der Waals surface area contributed by atoms with E-state index in [1.54, 1.807) is 26.2 Å². The number of carbonyl (C=O) groups is 3. The van der Waals surface area contributed by atoms with E-state index >= 15 is 0 Å². The predicted molar refractivity (Wildman–Crippen MR) is 154 cm³/mol. The highest BCUT2D eigenvalue weighted by Gasteiger charge is 2.50. The molecule has 41 heavy (non-hydrogen) atoms. The summed E-state index contributed by atoms with van der Waals surface area (Å²) in [4.78, 5) is 40.0. The lowest BCUT2D eigenvalue weighted by Gasteiger charge is -2.25. The molecule has 2 amide bonds. The van der Waals surface area contributed by atoms with Crippen LogP contribution in [0.25, 0.3) is 0 Å². The van der Waals surface area contributed by atoms with Crippen molar-refractivity contribution in [1.82, 2.24) is 10.6 Å². The van der Waals surface area contributed by atoms with Gasteiger partial charge in [-0.05, 0) is 42.2 Å². The highest BCUT2D eigenvalue weighted by molar-refractivity contribution is 5.98. The molecule has 0 bridgehead atoms. The zero-order valence-corrected chi connectivity index (χ0v) is 23.4. The molecule has 1 heterocycles. The SMILES string of the molecule is COc1ccc(CC(NC(=O)C(N)COCc2ccccc2)C(=O)NC(Cc2ccccc2)C(=O)C2(C)CO2)cc1. The maximum absolute atomic E-state index is 13.7. The highest BCUT2D eigenvalue weighted by atomic mass is 16.6. The number of hydrogen-bond donors (Lipinski definition) is 3. The van der Waals surface area contributed by atoms with Gasteiger partial charge in [-0.2, -0.15) is 0 Å². The molecule has 0 spiro atoms. The van der Waals surface area contributed by atoms with Crippen molar-refractivity contribution in [1.29, 1.82) is 0 Å². The van der Waals surface area contributed by atoms with Crippen LogP contribution in [0.5, 0.6) is 5.75 Å². The standard InChI is InChI=1S/C32H37N3O6/c1-32(21-41-32)29(36)27(17-22-9-5-3-6-10-22)34-31(38)28(18-23-13-15-25(39-2)16-14-23)35-30(37)26(33)20-40-19-24-11-7-4-8-12-24/h3-16,26-28H,17-21,33H2,1-2H3,(H,34,38)(H,35,37). The third-order valence-electron chi connectivity index (χ3n) is 6.99. The monoisotopic (exact) mass is 559 g/mol. The van der Waals surface area contributed by atoms with Crippen molar-refractivity contribution in [2.45, 2.75) is 50.1 Å². The van der Waals surface area contributed by atoms with Crippen LogP contribution >= 0.6 is 0 Å². The van der Waals surface area contributed by atoms with E-state index in [4.69, 9.17) is 19.9 Å². The second kappa shape index (κ2) is 14.0. The molecule has 0 aliphatic carbocycles. The number of epoxide rings is 1. The summed E-state index contributed by atoms with van der Waals surface area (Å²) in [5.74, 6) is -0.571. The smallest absolute Gasteiger partial charge is 0.243 e. The third kappa shape index (κ3) is 8.72. The summed E-state index contributed by atoms with van der Waals surface area (Å²) in [5, 5.41) is 5.66. The number of nitrogens with two attached hydrogens (primary N) is 1. The van der Waals surface area contributed by atoms with Gasteiger partial charge in [0.2, 0.25) is 11.8 Å². The summed E-state index contributed by atoms with van der Waals surface area (Å²) < 4.78 is 16.3. The number of carbonyl (C=O) groups excluding carboxylic acids is 3. The maximum atomic E-state index is 13.7. The lowest BCUT2D eigenvalue weighted by molar-refractivity contribution is -0.133. The molecule has 0 radical (unpaired) electrons. The number of Topliss-reactive ketones (excluding diaryl/α,β-unsaturated/α-hetero) is 1. The molecule has 4 rings (SSSR count). The number of benzene rings is 3. The van der Waals surface area contributed by atoms with Crippen molar-refractivity contribution in [3.8, 4) is 5.75 Å². The summed E-state index contributed by atoms with van der Waals surface area (Å²) in [6, 6.07) is 23.4. The van der Waals surface area contributed by atoms with Crippen LogP contribution < -0.4 is 21.1 Å². The molecule has 4 atom stereocenters. The number of nitrogens with one attached hydrogen (secondary N) is 2. The van der Waals surface area contributed by atoms with E-state index < -0.39 is 35.5 Å². The van der Waals surface area contributed by atoms with Gasteiger partial charge in [-0.25, -0.2) is 0 Å². The number of ketones is 1. The Kier molecular flexibility index (Phi) is 10.2. The van der Waals surface area contributed by atoms with E-state index in [1.807, 2.05) is 72.8 Å². The molecule has 1 saturated heterocycles. The Morgan fingerprint density at radius 3 is 1.95 bits per heavy atom. The largest absolute Gasteiger partial charge is 0.497 e. The fourth-order valence-corrected chi connectivity index (χ4v) is 4.39. The van der Waals surface area contributed by atoms with Gasteiger partial charge in [0, 0.05) is 6.42 Å². The number of amides is 2. The average molecular weight is 560 g/mol. The lowest BCUT2D eigenvalue weighted by Crippen LogP contribution is -2.57. The number of hydrogen-bond acceptors (Lipinski definition) is 7. The quantitative estimate of drug-likeness (QED) is 0.244. The molecule has 1 aliphatic rings. The molecule has 0 aromatic heterocycles. The van der Waals surface area contributed by atoms with Gasteiger partial charge < -0.3 is 30.6 Å². The van der Waals surface area contributed by atoms with E-state index in [0.29, 0.717) is 25.4 Å². The van der Waals surface area contributed by atoms with Crippen molar-refractivity contribution in [3.63, 3.8) is 0 Å². The maximum Gasteiger partial charge on any atom is 0.243 e. The van der Waals surface area contributed by atoms with Gasteiger partial charge in [-0.3, -0.25) is 14.4 Å². The molecule has 1 aliphatic heterocycles. The van der Waals surface area contributed by atoms with Gasteiger partial charge in [0.05, 0.1) is 33.0 Å². The van der Waals surface area contributed by atoms with E-state index in [2.05, 4.69) is 10.6 Å². The average Bonchev–Trinajstić information content (AvgIpc) is 3.75. The molecule has 3 aromatic rings. The van der Waals surface area contributed by atoms with Crippen LogP contribution in [0.15, 0.2) is 84.9 Å². The van der Waals surface area contributed by atoms with Crippen molar-refractivity contribution < 1.29 is 28.6 Å². The number of methoxy groups -OCH3 is 1. The molecule has 9 heteroatoms. The Labute approximate surface area is 240 Å². The normalized spacial score (nSPS) is 18.0. The van der Waals surface area contributed by atoms with E-state index in [1.165, 1.54) is 0 Å². The van der Waals surface area contributed by atoms with Crippen LogP contribution in [0.1, 0.15) is 23.6 Å². The van der Waals surface area contributed by atoms with Crippen molar-refractivity contribution in [2.24, 2.45) is 5.73 Å². The zero-order valence-electron chi connectivity index (χ0n) is 23.4. The second-order valence-corrected chi connectivity index (χ2v) is 10.4. The molecule has 3 aromatic carbocycles. The Bertz CT molecular complexity index is 1300. The summed E-state index contributed by atoms with van der Waals surface area (Å²) in [5.41, 5.74) is 7.84. The van der Waals surface area contributed by atoms with Gasteiger partial charge >= 0.3 is 0 Å². The van der Waals surface area contributed by atoms with Gasteiger partial charge in [-0.15, -0.1) is 0 Å². The topological polar surface area (TPSA) is 132 Å². The fraction of sp³-hybridized carbons (Fsp3) is 0.344. The summed E-state index contributed by atoms with van der Waals surface area (Å²) >= 11 is 0. The molecular weight excluding hydrogens is 522 g/mol. The molecule has 4 N–H and O–H groups in total. The Morgan fingerprint density at radius 2 is 1.37 bits per heavy atom. The minimum absolute atomic E-state index is 0.0254. The predicted octanol–water partition coefficient (Wildman–Crippen LogP) is 2.35. The minimum Gasteiger partial charge on any atom is -0.497 e. The Balaban J connectivity index is 1.46. The van der Waals surface area contributed by atoms with Gasteiger partial charge in [-0.1, -0.05) is 72.8 Å². The molecular formula is C32H37N3O6. The van der Waals surface area contributed by atoms with Crippen LogP contribution in [0, 0.1) is 0 Å². The molecule has 9 nitrogen and oxygen atoms in total. The van der Waals surface area contributed by atoms with Crippen LogP contribution in [-0.4, -0.2) is 61.6 Å². The van der Waals surface area contributed by atoms with E-state index in [9.17, 15) is 14.4 Å². The van der Waals surface area contributed by atoms with Crippen LogP contribution in [0.3, 0.4) is 0 Å².